The Morgan fingerprint density at radius 1 is 1.42 bits per heavy atom. The summed E-state index contributed by atoms with van der Waals surface area (Å²) in [6.45, 7) is 5.96. The molecule has 0 aromatic heterocycles. The van der Waals surface area contributed by atoms with Crippen molar-refractivity contribution in [3.05, 3.63) is 34.5 Å². The van der Waals surface area contributed by atoms with Crippen molar-refractivity contribution in [1.29, 1.82) is 0 Å². The zero-order valence-corrected chi connectivity index (χ0v) is 11.4. The van der Waals surface area contributed by atoms with Gasteiger partial charge in [-0.05, 0) is 42.1 Å². The van der Waals surface area contributed by atoms with Gasteiger partial charge in [0.15, 0.2) is 5.82 Å². The molecular formula is C14H18FNO3. The lowest BCUT2D eigenvalue weighted by Crippen LogP contribution is -2.18. The number of nitroso groups, excluding NO2 is 1. The van der Waals surface area contributed by atoms with Gasteiger partial charge in [-0.15, -0.1) is 4.91 Å². The highest BCUT2D eigenvalue weighted by Crippen LogP contribution is 2.28. The van der Waals surface area contributed by atoms with Crippen molar-refractivity contribution >= 4 is 11.7 Å². The molecule has 0 heterocycles. The van der Waals surface area contributed by atoms with Crippen LogP contribution < -0.4 is 0 Å². The van der Waals surface area contributed by atoms with Gasteiger partial charge in [-0.2, -0.15) is 0 Å². The number of esters is 1. The Balaban J connectivity index is 3.06. The van der Waals surface area contributed by atoms with Crippen LogP contribution in [0, 0.1) is 16.6 Å². The largest absolute Gasteiger partial charge is 0.466 e. The van der Waals surface area contributed by atoms with Crippen molar-refractivity contribution in [1.82, 2.24) is 0 Å². The molecule has 19 heavy (non-hydrogen) atoms. The maximum absolute atomic E-state index is 13.6. The van der Waals surface area contributed by atoms with E-state index >= 15 is 0 Å². The zero-order chi connectivity index (χ0) is 14.4. The summed E-state index contributed by atoms with van der Waals surface area (Å²) < 4.78 is 18.6. The van der Waals surface area contributed by atoms with Crippen LogP contribution in [0.1, 0.15) is 38.7 Å². The lowest BCUT2D eigenvalue weighted by atomic mass is 9.90. The maximum Gasteiger partial charge on any atom is 0.313 e. The molecule has 0 radical (unpaired) electrons. The third kappa shape index (κ3) is 4.12. The molecule has 0 N–H and O–H groups in total. The van der Waals surface area contributed by atoms with Crippen LogP contribution in [0.5, 0.6) is 0 Å². The van der Waals surface area contributed by atoms with E-state index in [4.69, 9.17) is 4.74 Å². The average Bonchev–Trinajstić information content (AvgIpc) is 2.36. The third-order valence-electron chi connectivity index (χ3n) is 2.75. The molecule has 104 valence electrons. The van der Waals surface area contributed by atoms with Crippen LogP contribution >= 0.6 is 0 Å². The lowest BCUT2D eigenvalue weighted by Gasteiger charge is -2.18. The summed E-state index contributed by atoms with van der Waals surface area (Å²) in [7, 11) is 0. The zero-order valence-electron chi connectivity index (χ0n) is 11.4. The summed E-state index contributed by atoms with van der Waals surface area (Å²) in [6.07, 6.45) is 0.562. The van der Waals surface area contributed by atoms with Crippen molar-refractivity contribution in [3.8, 4) is 0 Å². The molecule has 0 aliphatic rings. The Bertz CT molecular complexity index is 460. The Morgan fingerprint density at radius 3 is 2.58 bits per heavy atom. The van der Waals surface area contributed by atoms with Crippen LogP contribution in [0.15, 0.2) is 23.4 Å². The minimum Gasteiger partial charge on any atom is -0.466 e. The van der Waals surface area contributed by atoms with E-state index in [1.54, 1.807) is 13.0 Å². The Labute approximate surface area is 111 Å². The average molecular weight is 267 g/mol. The summed E-state index contributed by atoms with van der Waals surface area (Å²) in [5, 5.41) is 2.57. The van der Waals surface area contributed by atoms with E-state index < -0.39 is 11.7 Å². The van der Waals surface area contributed by atoms with Gasteiger partial charge in [0.25, 0.3) is 0 Å². The van der Waals surface area contributed by atoms with E-state index in [0.717, 1.165) is 0 Å². The molecule has 5 heteroatoms. The predicted molar refractivity (Wildman–Crippen MR) is 70.7 cm³/mol. The van der Waals surface area contributed by atoms with Crippen LogP contribution in [0.2, 0.25) is 0 Å². The van der Waals surface area contributed by atoms with Crippen molar-refractivity contribution in [3.63, 3.8) is 0 Å². The molecule has 0 aliphatic carbocycles. The minimum absolute atomic E-state index is 0.254. The Kier molecular flexibility index (Phi) is 5.60. The second-order valence-electron chi connectivity index (χ2n) is 4.74. The van der Waals surface area contributed by atoms with Crippen LogP contribution in [0.4, 0.5) is 10.1 Å². The number of benzene rings is 1. The number of ether oxygens (including phenoxy) is 1. The fourth-order valence-corrected chi connectivity index (χ4v) is 1.90. The topological polar surface area (TPSA) is 55.7 Å². The predicted octanol–water partition coefficient (Wildman–Crippen LogP) is 3.92. The molecule has 0 saturated carbocycles. The highest BCUT2D eigenvalue weighted by molar-refractivity contribution is 5.78. The second kappa shape index (κ2) is 6.97. The molecule has 1 atom stereocenters. The van der Waals surface area contributed by atoms with E-state index in [1.165, 1.54) is 12.1 Å². The van der Waals surface area contributed by atoms with Gasteiger partial charge in [-0.1, -0.05) is 19.9 Å². The molecule has 0 fully saturated rings. The van der Waals surface area contributed by atoms with Crippen molar-refractivity contribution < 1.29 is 13.9 Å². The molecule has 0 saturated heterocycles. The highest BCUT2D eigenvalue weighted by Gasteiger charge is 2.24. The Morgan fingerprint density at radius 2 is 2.11 bits per heavy atom. The molecule has 0 aliphatic heterocycles. The van der Waals surface area contributed by atoms with Gasteiger partial charge in [0.2, 0.25) is 0 Å². The smallest absolute Gasteiger partial charge is 0.313 e. The first-order valence-corrected chi connectivity index (χ1v) is 6.29. The summed E-state index contributed by atoms with van der Waals surface area (Å²) in [5.74, 6) is -1.34. The third-order valence-corrected chi connectivity index (χ3v) is 2.75. The van der Waals surface area contributed by atoms with Gasteiger partial charge < -0.3 is 4.74 Å². The van der Waals surface area contributed by atoms with Gasteiger partial charge >= 0.3 is 5.97 Å². The number of nitrogens with zero attached hydrogens (tertiary/aromatic N) is 1. The standard InChI is InChI=1S/C14H18FNO3/c1-4-19-14(17)11(7-9(2)3)10-5-6-13(16-18)12(15)8-10/h5-6,8-9,11H,4,7H2,1-3H3. The van der Waals surface area contributed by atoms with Crippen LogP contribution in [-0.2, 0) is 9.53 Å². The number of carbonyl (C=O) groups is 1. The number of hydrogen-bond acceptors (Lipinski definition) is 4. The summed E-state index contributed by atoms with van der Waals surface area (Å²) in [4.78, 5) is 22.3. The molecule has 1 aromatic carbocycles. The number of rotatable bonds is 6. The first-order valence-electron chi connectivity index (χ1n) is 6.29. The normalized spacial score (nSPS) is 12.3. The van der Waals surface area contributed by atoms with Gasteiger partial charge in [0, 0.05) is 0 Å². The van der Waals surface area contributed by atoms with E-state index in [9.17, 15) is 14.1 Å². The number of hydrogen-bond donors (Lipinski definition) is 0. The number of carbonyl (C=O) groups excluding carboxylic acids is 1. The summed E-state index contributed by atoms with van der Waals surface area (Å²) >= 11 is 0. The summed E-state index contributed by atoms with van der Waals surface area (Å²) in [5.41, 5.74) is 0.257. The number of halogens is 1. The SMILES string of the molecule is CCOC(=O)C(CC(C)C)c1ccc(N=O)c(F)c1. The van der Waals surface area contributed by atoms with Crippen molar-refractivity contribution in [2.75, 3.05) is 6.61 Å². The molecule has 0 bridgehead atoms. The molecule has 0 amide bonds. The van der Waals surface area contributed by atoms with E-state index in [0.29, 0.717) is 12.0 Å². The van der Waals surface area contributed by atoms with Crippen LogP contribution in [-0.4, -0.2) is 12.6 Å². The molecule has 1 rings (SSSR count). The van der Waals surface area contributed by atoms with E-state index in [1.807, 2.05) is 13.8 Å². The lowest BCUT2D eigenvalue weighted by molar-refractivity contribution is -0.145. The van der Waals surface area contributed by atoms with E-state index in [-0.39, 0.29) is 24.2 Å². The van der Waals surface area contributed by atoms with Crippen LogP contribution in [0.3, 0.4) is 0 Å². The highest BCUT2D eigenvalue weighted by atomic mass is 19.1. The monoisotopic (exact) mass is 267 g/mol. The molecule has 1 aromatic rings. The van der Waals surface area contributed by atoms with Gasteiger partial charge in [-0.25, -0.2) is 4.39 Å². The molecule has 0 spiro atoms. The van der Waals surface area contributed by atoms with Crippen LogP contribution in [0.25, 0.3) is 0 Å². The minimum atomic E-state index is -0.717. The van der Waals surface area contributed by atoms with E-state index in [2.05, 4.69) is 5.18 Å². The molecular weight excluding hydrogens is 249 g/mol. The van der Waals surface area contributed by atoms with Gasteiger partial charge in [0.1, 0.15) is 5.69 Å². The molecule has 1 unspecified atom stereocenters. The maximum atomic E-state index is 13.6. The first-order chi connectivity index (χ1) is 8.99. The Hall–Kier alpha value is -1.78. The van der Waals surface area contributed by atoms with Crippen molar-refractivity contribution in [2.45, 2.75) is 33.1 Å². The van der Waals surface area contributed by atoms with Gasteiger partial charge in [-0.3, -0.25) is 4.79 Å². The molecule has 4 nitrogen and oxygen atoms in total. The fraction of sp³-hybridized carbons (Fsp3) is 0.500. The first kappa shape index (κ1) is 15.3. The van der Waals surface area contributed by atoms with Gasteiger partial charge in [0.05, 0.1) is 12.5 Å². The summed E-state index contributed by atoms with van der Waals surface area (Å²) in [6, 6.07) is 4.01. The van der Waals surface area contributed by atoms with Crippen molar-refractivity contribution in [2.24, 2.45) is 11.1 Å². The quantitative estimate of drug-likeness (QED) is 0.580. The second-order valence-corrected chi connectivity index (χ2v) is 4.74. The fourth-order valence-electron chi connectivity index (χ4n) is 1.90.